The molecule has 25 heavy (non-hydrogen) atoms. The van der Waals surface area contributed by atoms with Gasteiger partial charge in [-0.3, -0.25) is 4.79 Å². The molecule has 0 radical (unpaired) electrons. The first-order chi connectivity index (χ1) is 11.5. The smallest absolute Gasteiger partial charge is 0.254 e. The fourth-order valence-electron chi connectivity index (χ4n) is 2.48. The number of unbranched alkanes of at least 4 members (excludes halogenated alkanes) is 1. The van der Waals surface area contributed by atoms with Crippen LogP contribution in [0, 0.1) is 0 Å². The van der Waals surface area contributed by atoms with Gasteiger partial charge in [0.25, 0.3) is 5.91 Å². The van der Waals surface area contributed by atoms with Crippen LogP contribution in [0.15, 0.2) is 29.2 Å². The molecule has 0 heterocycles. The molecule has 0 aliphatic heterocycles. The summed E-state index contributed by atoms with van der Waals surface area (Å²) in [6, 6.07) is 6.35. The quantitative estimate of drug-likeness (QED) is 0.759. The lowest BCUT2D eigenvalue weighted by Gasteiger charge is -2.28. The summed E-state index contributed by atoms with van der Waals surface area (Å²) in [6.07, 6.45) is 2.87. The van der Waals surface area contributed by atoms with Crippen molar-refractivity contribution in [3.63, 3.8) is 0 Å². The highest BCUT2D eigenvalue weighted by Crippen LogP contribution is 2.17. The van der Waals surface area contributed by atoms with Crippen LogP contribution in [-0.2, 0) is 10.0 Å². The summed E-state index contributed by atoms with van der Waals surface area (Å²) in [4.78, 5) is 14.8. The van der Waals surface area contributed by atoms with E-state index in [1.165, 1.54) is 12.1 Å². The van der Waals surface area contributed by atoms with E-state index in [2.05, 4.69) is 18.6 Å². The highest BCUT2D eigenvalue weighted by molar-refractivity contribution is 7.89. The fourth-order valence-corrected chi connectivity index (χ4v) is 3.89. The Morgan fingerprint density at radius 2 is 1.72 bits per heavy atom. The lowest BCUT2D eigenvalue weighted by molar-refractivity contribution is 0.0685. The molecule has 1 rings (SSSR count). The second kappa shape index (κ2) is 8.81. The Bertz CT molecular complexity index is 661. The van der Waals surface area contributed by atoms with Crippen LogP contribution in [0.4, 0.5) is 0 Å². The summed E-state index contributed by atoms with van der Waals surface area (Å²) in [7, 11) is -3.59. The molecular weight excluding hydrogens is 336 g/mol. The van der Waals surface area contributed by atoms with E-state index in [9.17, 15) is 13.2 Å². The molecule has 0 saturated heterocycles. The number of rotatable bonds is 8. The highest BCUT2D eigenvalue weighted by Gasteiger charge is 2.23. The predicted molar refractivity (Wildman–Crippen MR) is 102 cm³/mol. The summed E-state index contributed by atoms with van der Waals surface area (Å²) < 4.78 is 27.3. The molecule has 1 atom stereocenters. The van der Waals surface area contributed by atoms with Gasteiger partial charge in [-0.25, -0.2) is 13.1 Å². The maximum Gasteiger partial charge on any atom is 0.254 e. The van der Waals surface area contributed by atoms with Gasteiger partial charge in [0.15, 0.2) is 0 Å². The number of benzene rings is 1. The predicted octanol–water partition coefficient (Wildman–Crippen LogP) is 3.80. The van der Waals surface area contributed by atoms with Crippen molar-refractivity contribution in [1.82, 2.24) is 9.62 Å². The van der Waals surface area contributed by atoms with Gasteiger partial charge in [0, 0.05) is 23.7 Å². The molecule has 0 bridgehead atoms. The van der Waals surface area contributed by atoms with Crippen molar-refractivity contribution in [2.45, 2.75) is 77.3 Å². The summed E-state index contributed by atoms with van der Waals surface area (Å²) in [5.74, 6) is -0.0458. The lowest BCUT2D eigenvalue weighted by atomic mass is 10.1. The van der Waals surface area contributed by atoms with Crippen LogP contribution in [0.2, 0.25) is 0 Å². The molecule has 0 aliphatic carbocycles. The number of hydrogen-bond acceptors (Lipinski definition) is 3. The molecule has 1 aromatic rings. The van der Waals surface area contributed by atoms with Gasteiger partial charge in [-0.2, -0.15) is 0 Å². The van der Waals surface area contributed by atoms with Crippen LogP contribution < -0.4 is 4.72 Å². The Hall–Kier alpha value is -1.40. The van der Waals surface area contributed by atoms with E-state index >= 15 is 0 Å². The lowest BCUT2D eigenvalue weighted by Crippen LogP contribution is -2.40. The number of sulfonamides is 1. The zero-order valence-corrected chi connectivity index (χ0v) is 17.1. The van der Waals surface area contributed by atoms with Gasteiger partial charge in [-0.15, -0.1) is 0 Å². The van der Waals surface area contributed by atoms with E-state index in [1.54, 1.807) is 32.9 Å². The molecule has 142 valence electrons. The Labute approximate surface area is 152 Å². The van der Waals surface area contributed by atoms with E-state index in [0.717, 1.165) is 25.8 Å². The Kier molecular flexibility index (Phi) is 7.62. The van der Waals surface area contributed by atoms with Gasteiger partial charge in [-0.1, -0.05) is 20.3 Å². The zero-order valence-electron chi connectivity index (χ0n) is 16.3. The van der Waals surface area contributed by atoms with Crippen molar-refractivity contribution in [1.29, 1.82) is 0 Å². The molecule has 6 heteroatoms. The Morgan fingerprint density at radius 3 is 2.16 bits per heavy atom. The number of nitrogens with zero attached hydrogens (tertiary/aromatic N) is 1. The van der Waals surface area contributed by atoms with Crippen LogP contribution in [0.25, 0.3) is 0 Å². The normalized spacial score (nSPS) is 13.5. The average Bonchev–Trinajstić information content (AvgIpc) is 2.52. The molecule has 0 aromatic heterocycles. The molecular formula is C19H32N2O3S. The SMILES string of the molecule is CCCCN(C(=O)c1ccc(S(=O)(=O)NC(C)(C)C)cc1)C(C)CC. The summed E-state index contributed by atoms with van der Waals surface area (Å²) in [5, 5.41) is 0. The van der Waals surface area contributed by atoms with Crippen LogP contribution in [-0.4, -0.2) is 37.4 Å². The standard InChI is InChI=1S/C19H32N2O3S/c1-7-9-14-21(15(3)8-2)18(22)16-10-12-17(13-11-16)25(23,24)20-19(4,5)6/h10-13,15,20H,7-9,14H2,1-6H3. The van der Waals surface area contributed by atoms with Crippen molar-refractivity contribution < 1.29 is 13.2 Å². The first-order valence-corrected chi connectivity index (χ1v) is 10.4. The van der Waals surface area contributed by atoms with Gasteiger partial charge in [0.2, 0.25) is 10.0 Å². The molecule has 0 fully saturated rings. The molecule has 0 aliphatic rings. The summed E-state index contributed by atoms with van der Waals surface area (Å²) in [5.41, 5.74) is -0.0352. The number of carbonyl (C=O) groups excluding carboxylic acids is 1. The fraction of sp³-hybridized carbons (Fsp3) is 0.632. The van der Waals surface area contributed by atoms with Gasteiger partial charge in [-0.05, 0) is 64.8 Å². The molecule has 1 N–H and O–H groups in total. The zero-order chi connectivity index (χ0) is 19.3. The molecule has 1 aromatic carbocycles. The Balaban J connectivity index is 3.02. The van der Waals surface area contributed by atoms with Crippen molar-refractivity contribution >= 4 is 15.9 Å². The van der Waals surface area contributed by atoms with Crippen LogP contribution in [0.5, 0.6) is 0 Å². The topological polar surface area (TPSA) is 66.5 Å². The molecule has 5 nitrogen and oxygen atoms in total. The van der Waals surface area contributed by atoms with Crippen LogP contribution in [0.3, 0.4) is 0 Å². The molecule has 0 saturated carbocycles. The third-order valence-electron chi connectivity index (χ3n) is 3.99. The third kappa shape index (κ3) is 6.44. The third-order valence-corrected chi connectivity index (χ3v) is 5.76. The van der Waals surface area contributed by atoms with Gasteiger partial charge in [0.05, 0.1) is 4.90 Å². The molecule has 1 amide bonds. The summed E-state index contributed by atoms with van der Waals surface area (Å²) >= 11 is 0. The molecule has 0 spiro atoms. The number of hydrogen-bond donors (Lipinski definition) is 1. The average molecular weight is 369 g/mol. The van der Waals surface area contributed by atoms with Crippen LogP contribution in [0.1, 0.15) is 71.2 Å². The minimum Gasteiger partial charge on any atom is -0.336 e. The van der Waals surface area contributed by atoms with E-state index in [-0.39, 0.29) is 16.8 Å². The number of amides is 1. The minimum atomic E-state index is -3.59. The monoisotopic (exact) mass is 368 g/mol. The van der Waals surface area contributed by atoms with Crippen molar-refractivity contribution in [2.24, 2.45) is 0 Å². The van der Waals surface area contributed by atoms with Crippen LogP contribution >= 0.6 is 0 Å². The maximum atomic E-state index is 12.8. The van der Waals surface area contributed by atoms with Crippen molar-refractivity contribution in [3.05, 3.63) is 29.8 Å². The largest absolute Gasteiger partial charge is 0.336 e. The van der Waals surface area contributed by atoms with E-state index < -0.39 is 15.6 Å². The van der Waals surface area contributed by atoms with E-state index in [0.29, 0.717) is 5.56 Å². The van der Waals surface area contributed by atoms with E-state index in [1.807, 2.05) is 11.8 Å². The second-order valence-corrected chi connectivity index (χ2v) is 9.17. The number of nitrogens with one attached hydrogen (secondary N) is 1. The number of carbonyl (C=O) groups is 1. The van der Waals surface area contributed by atoms with Gasteiger partial charge >= 0.3 is 0 Å². The summed E-state index contributed by atoms with van der Waals surface area (Å²) in [6.45, 7) is 12.3. The Morgan fingerprint density at radius 1 is 1.16 bits per heavy atom. The van der Waals surface area contributed by atoms with Crippen molar-refractivity contribution in [3.8, 4) is 0 Å². The molecule has 1 unspecified atom stereocenters. The van der Waals surface area contributed by atoms with Gasteiger partial charge < -0.3 is 4.90 Å². The van der Waals surface area contributed by atoms with Gasteiger partial charge in [0.1, 0.15) is 0 Å². The maximum absolute atomic E-state index is 12.8. The highest BCUT2D eigenvalue weighted by atomic mass is 32.2. The van der Waals surface area contributed by atoms with Crippen molar-refractivity contribution in [2.75, 3.05) is 6.54 Å². The van der Waals surface area contributed by atoms with E-state index in [4.69, 9.17) is 0 Å². The second-order valence-electron chi connectivity index (χ2n) is 7.49. The minimum absolute atomic E-state index is 0.0458. The first kappa shape index (κ1) is 21.6. The first-order valence-electron chi connectivity index (χ1n) is 8.96.